The van der Waals surface area contributed by atoms with E-state index >= 15 is 0 Å². The summed E-state index contributed by atoms with van der Waals surface area (Å²) in [6.07, 6.45) is 1.96. The van der Waals surface area contributed by atoms with Crippen LogP contribution in [0.15, 0.2) is 60.7 Å². The fourth-order valence-corrected chi connectivity index (χ4v) is 4.01. The van der Waals surface area contributed by atoms with Crippen LogP contribution in [0.4, 0.5) is 8.78 Å². The minimum atomic E-state index is -2.87. The Labute approximate surface area is 172 Å². The Morgan fingerprint density at radius 1 is 1.03 bits per heavy atom. The summed E-state index contributed by atoms with van der Waals surface area (Å²) in [5, 5.41) is 1.75. The predicted molar refractivity (Wildman–Crippen MR) is 114 cm³/mol. The third-order valence-electron chi connectivity index (χ3n) is 5.22. The van der Waals surface area contributed by atoms with Crippen LogP contribution in [0.2, 0.25) is 0 Å². The number of benzene rings is 3. The van der Waals surface area contributed by atoms with E-state index in [1.807, 2.05) is 18.2 Å². The third kappa shape index (κ3) is 3.73. The summed E-state index contributed by atoms with van der Waals surface area (Å²) in [4.78, 5) is 12.1. The van der Waals surface area contributed by atoms with Crippen molar-refractivity contribution in [1.82, 2.24) is 4.57 Å². The van der Waals surface area contributed by atoms with Gasteiger partial charge in [-0.05, 0) is 47.9 Å². The van der Waals surface area contributed by atoms with Crippen LogP contribution in [0.1, 0.15) is 34.8 Å². The van der Waals surface area contributed by atoms with Gasteiger partial charge in [-0.1, -0.05) is 43.7 Å². The lowest BCUT2D eigenvalue weighted by Crippen LogP contribution is -2.11. The summed E-state index contributed by atoms with van der Waals surface area (Å²) in [5.74, 6) is -0.364. The zero-order chi connectivity index (χ0) is 21.3. The maximum absolute atomic E-state index is 12.6. The van der Waals surface area contributed by atoms with Gasteiger partial charge in [-0.2, -0.15) is 8.78 Å². The minimum Gasteiger partial charge on any atom is -0.435 e. The number of aromatic nitrogens is 1. The molecule has 4 aromatic rings. The van der Waals surface area contributed by atoms with E-state index in [4.69, 9.17) is 5.73 Å². The number of nitrogens with two attached hydrogens (primary N) is 1. The number of hydrogen-bond acceptors (Lipinski definition) is 2. The number of amides is 1. The number of nitrogens with zero attached hydrogens (tertiary/aromatic N) is 1. The molecule has 30 heavy (non-hydrogen) atoms. The van der Waals surface area contributed by atoms with Gasteiger partial charge in [-0.25, -0.2) is 0 Å². The number of carbonyl (C=O) groups is 1. The summed E-state index contributed by atoms with van der Waals surface area (Å²) in [5.41, 5.74) is 9.97. The Morgan fingerprint density at radius 3 is 2.57 bits per heavy atom. The summed E-state index contributed by atoms with van der Waals surface area (Å²) >= 11 is 0. The lowest BCUT2D eigenvalue weighted by atomic mass is 10.0. The van der Waals surface area contributed by atoms with Crippen molar-refractivity contribution < 1.29 is 18.3 Å². The molecule has 0 aliphatic carbocycles. The largest absolute Gasteiger partial charge is 0.435 e. The number of primary amides is 1. The van der Waals surface area contributed by atoms with Gasteiger partial charge in [0.15, 0.2) is 0 Å². The van der Waals surface area contributed by atoms with Crippen molar-refractivity contribution in [3.05, 3.63) is 77.4 Å². The first-order valence-corrected chi connectivity index (χ1v) is 9.85. The van der Waals surface area contributed by atoms with Crippen molar-refractivity contribution in [2.45, 2.75) is 32.9 Å². The number of aryl methyl sites for hydroxylation is 1. The molecule has 6 heteroatoms. The highest BCUT2D eigenvalue weighted by atomic mass is 19.3. The molecule has 0 atom stereocenters. The van der Waals surface area contributed by atoms with Gasteiger partial charge >= 0.3 is 6.61 Å². The van der Waals surface area contributed by atoms with Gasteiger partial charge in [0.05, 0.1) is 5.52 Å². The van der Waals surface area contributed by atoms with Crippen molar-refractivity contribution in [3.63, 3.8) is 0 Å². The number of alkyl halides is 2. The maximum Gasteiger partial charge on any atom is 0.387 e. The molecular formula is C24H22F2N2O2. The lowest BCUT2D eigenvalue weighted by Gasteiger charge is -2.11. The third-order valence-corrected chi connectivity index (χ3v) is 5.22. The molecule has 2 N–H and O–H groups in total. The standard InChI is InChI=1S/C24H22F2N2O2/c1-2-5-15-10-11-18-21(13-15)28(20-9-4-8-19(22(18)20)23(27)29)14-16-6-3-7-17(12-16)30-24(25)26/h3-4,6-13,24H,2,5,14H2,1H3,(H2,27,29). The maximum atomic E-state index is 12.6. The van der Waals surface area contributed by atoms with Crippen molar-refractivity contribution in [2.75, 3.05) is 0 Å². The van der Waals surface area contributed by atoms with Gasteiger partial charge in [-0.3, -0.25) is 4.79 Å². The van der Waals surface area contributed by atoms with E-state index < -0.39 is 12.5 Å². The smallest absolute Gasteiger partial charge is 0.387 e. The monoisotopic (exact) mass is 408 g/mol. The average Bonchev–Trinajstić information content (AvgIpc) is 3.01. The first-order chi connectivity index (χ1) is 14.5. The number of carbonyl (C=O) groups excluding carboxylic acids is 1. The summed E-state index contributed by atoms with van der Waals surface area (Å²) in [6, 6.07) is 18.4. The van der Waals surface area contributed by atoms with Crippen molar-refractivity contribution in [2.24, 2.45) is 5.73 Å². The molecule has 4 rings (SSSR count). The highest BCUT2D eigenvalue weighted by Crippen LogP contribution is 2.33. The number of hydrogen-bond donors (Lipinski definition) is 1. The second-order valence-electron chi connectivity index (χ2n) is 7.28. The van der Waals surface area contributed by atoms with E-state index in [2.05, 4.69) is 28.4 Å². The lowest BCUT2D eigenvalue weighted by molar-refractivity contribution is -0.0498. The molecule has 1 amide bonds. The molecule has 1 aromatic heterocycles. The molecule has 154 valence electrons. The van der Waals surface area contributed by atoms with E-state index in [1.54, 1.807) is 24.3 Å². The topological polar surface area (TPSA) is 57.2 Å². The molecule has 0 saturated heterocycles. The molecule has 0 radical (unpaired) electrons. The molecule has 4 nitrogen and oxygen atoms in total. The Morgan fingerprint density at radius 2 is 1.83 bits per heavy atom. The predicted octanol–water partition coefficient (Wildman–Crippen LogP) is 5.50. The molecule has 1 heterocycles. The van der Waals surface area contributed by atoms with Crippen molar-refractivity contribution in [3.8, 4) is 5.75 Å². The van der Waals surface area contributed by atoms with Crippen LogP contribution < -0.4 is 10.5 Å². The quantitative estimate of drug-likeness (QED) is 0.439. The zero-order valence-corrected chi connectivity index (χ0v) is 16.6. The fraction of sp³-hybridized carbons (Fsp3) is 0.208. The van der Waals surface area contributed by atoms with E-state index in [0.717, 1.165) is 40.2 Å². The minimum absolute atomic E-state index is 0.118. The summed E-state index contributed by atoms with van der Waals surface area (Å²) < 4.78 is 31.9. The molecule has 0 aliphatic rings. The number of rotatable bonds is 7. The van der Waals surface area contributed by atoms with Crippen LogP contribution in [0, 0.1) is 0 Å². The molecule has 3 aromatic carbocycles. The first-order valence-electron chi connectivity index (χ1n) is 9.85. The number of ether oxygens (including phenoxy) is 1. The van der Waals surface area contributed by atoms with Crippen LogP contribution in [0.25, 0.3) is 21.8 Å². The Kier molecular flexibility index (Phi) is 5.40. The molecule has 0 spiro atoms. The van der Waals surface area contributed by atoms with E-state index in [0.29, 0.717) is 12.1 Å². The van der Waals surface area contributed by atoms with Crippen LogP contribution in [0.5, 0.6) is 5.75 Å². The Balaban J connectivity index is 1.91. The van der Waals surface area contributed by atoms with Crippen molar-refractivity contribution >= 4 is 27.7 Å². The van der Waals surface area contributed by atoms with Gasteiger partial charge in [0.2, 0.25) is 5.91 Å². The van der Waals surface area contributed by atoms with E-state index in [9.17, 15) is 13.6 Å². The summed E-state index contributed by atoms with van der Waals surface area (Å²) in [7, 11) is 0. The van der Waals surface area contributed by atoms with E-state index in [1.165, 1.54) is 11.6 Å². The highest BCUT2D eigenvalue weighted by Gasteiger charge is 2.17. The summed E-state index contributed by atoms with van der Waals surface area (Å²) in [6.45, 7) is -0.305. The van der Waals surface area contributed by atoms with Crippen LogP contribution >= 0.6 is 0 Å². The number of halogens is 2. The first kappa shape index (κ1) is 19.9. The van der Waals surface area contributed by atoms with Gasteiger partial charge in [-0.15, -0.1) is 0 Å². The molecule has 0 bridgehead atoms. The fourth-order valence-electron chi connectivity index (χ4n) is 4.01. The second-order valence-corrected chi connectivity index (χ2v) is 7.28. The van der Waals surface area contributed by atoms with Crippen molar-refractivity contribution in [1.29, 1.82) is 0 Å². The van der Waals surface area contributed by atoms with Crippen LogP contribution in [0.3, 0.4) is 0 Å². The van der Waals surface area contributed by atoms with Gasteiger partial charge in [0.25, 0.3) is 0 Å². The van der Waals surface area contributed by atoms with Gasteiger partial charge < -0.3 is 15.0 Å². The Hall–Kier alpha value is -3.41. The SMILES string of the molecule is CCCc1ccc2c3c(C(N)=O)cccc3n(Cc3cccc(OC(F)F)c3)c2c1. The van der Waals surface area contributed by atoms with Gasteiger partial charge in [0, 0.05) is 28.4 Å². The molecule has 0 saturated carbocycles. The zero-order valence-electron chi connectivity index (χ0n) is 16.6. The van der Waals surface area contributed by atoms with Crippen LogP contribution in [-0.4, -0.2) is 17.1 Å². The van der Waals surface area contributed by atoms with Crippen LogP contribution in [-0.2, 0) is 13.0 Å². The second kappa shape index (κ2) is 8.14. The Bertz CT molecular complexity index is 1230. The highest BCUT2D eigenvalue weighted by molar-refractivity contribution is 6.18. The molecular weight excluding hydrogens is 386 g/mol. The number of fused-ring (bicyclic) bond motifs is 3. The van der Waals surface area contributed by atoms with Gasteiger partial charge in [0.1, 0.15) is 5.75 Å². The average molecular weight is 408 g/mol. The molecule has 0 unspecified atom stereocenters. The normalized spacial score (nSPS) is 11.5. The molecule has 0 aliphatic heterocycles. The van der Waals surface area contributed by atoms with E-state index in [-0.39, 0.29) is 5.75 Å². The molecule has 0 fully saturated rings.